The Bertz CT molecular complexity index is 1480. The van der Waals surface area contributed by atoms with Crippen molar-refractivity contribution >= 4 is 28.5 Å². The lowest BCUT2D eigenvalue weighted by molar-refractivity contribution is -0.130. The molecule has 0 bridgehead atoms. The number of aromatic nitrogens is 2. The maximum absolute atomic E-state index is 13.5. The molecule has 1 unspecified atom stereocenters. The zero-order chi connectivity index (χ0) is 24.2. The zero-order valence-corrected chi connectivity index (χ0v) is 19.4. The molecule has 1 saturated heterocycles. The molecule has 0 aliphatic carbocycles. The largest absolute Gasteiger partial charge is 0.360 e. The van der Waals surface area contributed by atoms with Crippen LogP contribution in [-0.2, 0) is 10.3 Å². The van der Waals surface area contributed by atoms with Crippen LogP contribution in [0.4, 0.5) is 4.79 Å². The van der Waals surface area contributed by atoms with Gasteiger partial charge in [0.25, 0.3) is 5.91 Å². The van der Waals surface area contributed by atoms with Gasteiger partial charge in [-0.1, -0.05) is 47.6 Å². The predicted molar refractivity (Wildman–Crippen MR) is 126 cm³/mol. The third-order valence-electron chi connectivity index (χ3n) is 6.48. The second-order valence-electron chi connectivity index (χ2n) is 8.81. The predicted octanol–water partition coefficient (Wildman–Crippen LogP) is 4.19. The molecule has 1 aliphatic rings. The van der Waals surface area contributed by atoms with Gasteiger partial charge in [0.15, 0.2) is 11.6 Å². The second-order valence-corrected chi connectivity index (χ2v) is 8.81. The molecule has 3 heterocycles. The minimum atomic E-state index is -1.27. The van der Waals surface area contributed by atoms with Crippen molar-refractivity contribution in [3.8, 4) is 5.82 Å². The summed E-state index contributed by atoms with van der Waals surface area (Å²) in [6.07, 6.45) is 0. The number of hydrogen-bond donors (Lipinski definition) is 1. The summed E-state index contributed by atoms with van der Waals surface area (Å²) < 4.78 is 6.98. The third kappa shape index (κ3) is 3.22. The molecule has 4 aromatic rings. The number of rotatable bonds is 5. The van der Waals surface area contributed by atoms with Gasteiger partial charge in [0.1, 0.15) is 11.3 Å². The van der Waals surface area contributed by atoms with Crippen LogP contribution in [0.3, 0.4) is 0 Å². The van der Waals surface area contributed by atoms with E-state index in [2.05, 4.69) is 10.5 Å². The molecule has 0 saturated carbocycles. The average Bonchev–Trinajstić information content (AvgIpc) is 3.43. The highest BCUT2D eigenvalue weighted by Gasteiger charge is 2.50. The van der Waals surface area contributed by atoms with Gasteiger partial charge in [-0.25, -0.2) is 4.79 Å². The quantitative estimate of drug-likeness (QED) is 0.359. The number of urea groups is 1. The average molecular weight is 457 g/mol. The SMILES string of the molecule is Cc1cc(-n2c(C)cc(C(=O)CN3C(=O)NC(C)(c4cccc5ccccc45)C3=O)c2C)no1. The number of nitrogens with zero attached hydrogens (tertiary/aromatic N) is 3. The number of amides is 3. The Morgan fingerprint density at radius 1 is 1.06 bits per heavy atom. The fraction of sp³-hybridized carbons (Fsp3) is 0.231. The Morgan fingerprint density at radius 3 is 2.53 bits per heavy atom. The second kappa shape index (κ2) is 7.69. The Kier molecular flexibility index (Phi) is 4.89. The molecule has 8 heteroatoms. The summed E-state index contributed by atoms with van der Waals surface area (Å²) in [7, 11) is 0. The number of Topliss-reactive ketones (excluding diaryl/α,β-unsaturated/α-hetero) is 1. The molecule has 8 nitrogen and oxygen atoms in total. The Balaban J connectivity index is 1.45. The summed E-state index contributed by atoms with van der Waals surface area (Å²) in [5.74, 6) is 0.445. The number of ketones is 1. The molecule has 1 fully saturated rings. The minimum Gasteiger partial charge on any atom is -0.360 e. The van der Waals surface area contributed by atoms with Gasteiger partial charge in [-0.15, -0.1) is 0 Å². The van der Waals surface area contributed by atoms with Crippen molar-refractivity contribution < 1.29 is 18.9 Å². The third-order valence-corrected chi connectivity index (χ3v) is 6.48. The van der Waals surface area contributed by atoms with E-state index >= 15 is 0 Å². The number of nitrogens with one attached hydrogen (secondary N) is 1. The Labute approximate surface area is 196 Å². The van der Waals surface area contributed by atoms with Crippen LogP contribution in [0.15, 0.2) is 59.1 Å². The van der Waals surface area contributed by atoms with Crippen molar-refractivity contribution in [3.63, 3.8) is 0 Å². The smallest absolute Gasteiger partial charge is 0.325 e. The van der Waals surface area contributed by atoms with Crippen LogP contribution in [-0.4, -0.2) is 38.9 Å². The summed E-state index contributed by atoms with van der Waals surface area (Å²) in [6.45, 7) is 6.78. The number of aryl methyl sites for hydroxylation is 2. The number of fused-ring (bicyclic) bond motifs is 1. The van der Waals surface area contributed by atoms with Crippen LogP contribution in [0.5, 0.6) is 0 Å². The van der Waals surface area contributed by atoms with E-state index in [-0.39, 0.29) is 12.3 Å². The first-order valence-corrected chi connectivity index (χ1v) is 11.0. The van der Waals surface area contributed by atoms with E-state index in [0.717, 1.165) is 21.4 Å². The number of hydrogen-bond acceptors (Lipinski definition) is 5. The van der Waals surface area contributed by atoms with Crippen LogP contribution < -0.4 is 5.32 Å². The van der Waals surface area contributed by atoms with Gasteiger partial charge in [0, 0.05) is 23.0 Å². The monoisotopic (exact) mass is 456 g/mol. The maximum Gasteiger partial charge on any atom is 0.325 e. The highest BCUT2D eigenvalue weighted by atomic mass is 16.5. The highest BCUT2D eigenvalue weighted by molar-refractivity contribution is 6.12. The van der Waals surface area contributed by atoms with Crippen molar-refractivity contribution in [1.29, 1.82) is 0 Å². The van der Waals surface area contributed by atoms with Crippen LogP contribution in [0.2, 0.25) is 0 Å². The van der Waals surface area contributed by atoms with Crippen molar-refractivity contribution in [2.75, 3.05) is 6.54 Å². The van der Waals surface area contributed by atoms with Gasteiger partial charge in [0.2, 0.25) is 0 Å². The molecule has 1 aliphatic heterocycles. The van der Waals surface area contributed by atoms with Crippen LogP contribution >= 0.6 is 0 Å². The molecule has 0 radical (unpaired) electrons. The lowest BCUT2D eigenvalue weighted by atomic mass is 9.88. The van der Waals surface area contributed by atoms with E-state index in [9.17, 15) is 14.4 Å². The number of carbonyl (C=O) groups is 3. The topological polar surface area (TPSA) is 97.4 Å². The van der Waals surface area contributed by atoms with E-state index in [1.54, 1.807) is 32.9 Å². The van der Waals surface area contributed by atoms with E-state index in [1.807, 2.05) is 54.0 Å². The molecule has 2 aromatic heterocycles. The Hall–Kier alpha value is -4.20. The van der Waals surface area contributed by atoms with Crippen LogP contribution in [0.1, 0.15) is 40.0 Å². The summed E-state index contributed by atoms with van der Waals surface area (Å²) >= 11 is 0. The van der Waals surface area contributed by atoms with E-state index in [4.69, 9.17) is 4.52 Å². The van der Waals surface area contributed by atoms with Gasteiger partial charge >= 0.3 is 6.03 Å². The Morgan fingerprint density at radius 2 is 1.79 bits per heavy atom. The molecule has 34 heavy (non-hydrogen) atoms. The molecular formula is C26H24N4O4. The van der Waals surface area contributed by atoms with Gasteiger partial charge in [-0.05, 0) is 50.1 Å². The first kappa shape index (κ1) is 21.6. The van der Waals surface area contributed by atoms with E-state index in [1.165, 1.54) is 0 Å². The van der Waals surface area contributed by atoms with Crippen molar-refractivity contribution in [2.45, 2.75) is 33.2 Å². The first-order chi connectivity index (χ1) is 16.2. The van der Waals surface area contributed by atoms with Crippen LogP contribution in [0, 0.1) is 20.8 Å². The summed E-state index contributed by atoms with van der Waals surface area (Å²) in [6, 6.07) is 16.3. The van der Waals surface area contributed by atoms with E-state index < -0.39 is 17.5 Å². The molecule has 172 valence electrons. The molecule has 1 atom stereocenters. The van der Waals surface area contributed by atoms with Gasteiger partial charge in [-0.2, -0.15) is 0 Å². The van der Waals surface area contributed by atoms with E-state index in [0.29, 0.717) is 28.4 Å². The van der Waals surface area contributed by atoms with Crippen molar-refractivity contribution in [1.82, 2.24) is 19.9 Å². The van der Waals surface area contributed by atoms with Crippen LogP contribution in [0.25, 0.3) is 16.6 Å². The first-order valence-electron chi connectivity index (χ1n) is 11.0. The number of benzene rings is 2. The molecule has 1 N–H and O–H groups in total. The lowest BCUT2D eigenvalue weighted by Gasteiger charge is -2.24. The molecular weight excluding hydrogens is 432 g/mol. The normalized spacial score (nSPS) is 18.1. The van der Waals surface area contributed by atoms with Gasteiger partial charge in [0.05, 0.1) is 6.54 Å². The summed E-state index contributed by atoms with van der Waals surface area (Å²) in [5, 5.41) is 8.69. The van der Waals surface area contributed by atoms with Crippen molar-refractivity contribution in [2.24, 2.45) is 0 Å². The molecule has 3 amide bonds. The summed E-state index contributed by atoms with van der Waals surface area (Å²) in [4.78, 5) is 40.6. The maximum atomic E-state index is 13.5. The van der Waals surface area contributed by atoms with Crippen molar-refractivity contribution in [3.05, 3.63) is 82.9 Å². The standard InChI is InChI=1S/C26H24N4O4/c1-15-12-20(17(3)30(15)23-13-16(2)34-28-23)22(31)14-29-24(32)26(4,27-25(29)33)21-11-7-9-18-8-5-6-10-19(18)21/h5-13H,14H2,1-4H3,(H,27,33). The fourth-order valence-electron chi connectivity index (χ4n) is 4.77. The molecule has 0 spiro atoms. The lowest BCUT2D eigenvalue weighted by Crippen LogP contribution is -2.41. The molecule has 5 rings (SSSR count). The zero-order valence-electron chi connectivity index (χ0n) is 19.4. The van der Waals surface area contributed by atoms with Gasteiger partial charge < -0.3 is 9.84 Å². The fourth-order valence-corrected chi connectivity index (χ4v) is 4.77. The molecule has 2 aromatic carbocycles. The number of imide groups is 1. The highest BCUT2D eigenvalue weighted by Crippen LogP contribution is 2.34. The minimum absolute atomic E-state index is 0.328. The number of carbonyl (C=O) groups excluding carboxylic acids is 3. The summed E-state index contributed by atoms with van der Waals surface area (Å²) in [5.41, 5.74) is 1.32. The van der Waals surface area contributed by atoms with Gasteiger partial charge in [-0.3, -0.25) is 19.1 Å².